The van der Waals surface area contributed by atoms with Crippen molar-refractivity contribution in [1.29, 1.82) is 0 Å². The molecule has 30 heavy (non-hydrogen) atoms. The summed E-state index contributed by atoms with van der Waals surface area (Å²) >= 11 is 6.17. The van der Waals surface area contributed by atoms with Crippen LogP contribution in [-0.2, 0) is 16.4 Å². The molecule has 1 fully saturated rings. The number of anilines is 3. The van der Waals surface area contributed by atoms with Crippen molar-refractivity contribution in [3.63, 3.8) is 0 Å². The molecule has 1 saturated heterocycles. The van der Waals surface area contributed by atoms with E-state index in [-0.39, 0.29) is 42.6 Å². The molecule has 0 amide bonds. The summed E-state index contributed by atoms with van der Waals surface area (Å²) < 4.78 is 52.9. The number of rotatable bonds is 8. The van der Waals surface area contributed by atoms with Crippen LogP contribution in [0.25, 0.3) is 0 Å². The van der Waals surface area contributed by atoms with Crippen LogP contribution >= 0.6 is 11.6 Å². The van der Waals surface area contributed by atoms with Gasteiger partial charge in [-0.2, -0.15) is 9.97 Å². The van der Waals surface area contributed by atoms with E-state index in [1.165, 1.54) is 4.90 Å². The monoisotopic (exact) mass is 459 g/mol. The van der Waals surface area contributed by atoms with E-state index in [2.05, 4.69) is 15.3 Å². The Balaban J connectivity index is 1.98. The van der Waals surface area contributed by atoms with Gasteiger partial charge in [-0.05, 0) is 18.1 Å². The van der Waals surface area contributed by atoms with Crippen LogP contribution in [0.5, 0.6) is 0 Å². The number of halogens is 3. The molecule has 7 nitrogen and oxygen atoms in total. The maximum Gasteiger partial charge on any atom is 0.266 e. The summed E-state index contributed by atoms with van der Waals surface area (Å²) in [5, 5.41) is 3.09. The predicted octanol–water partition coefficient (Wildman–Crippen LogP) is 3.74. The maximum atomic E-state index is 13.8. The number of hydrogen-bond acceptors (Lipinski definition) is 7. The van der Waals surface area contributed by atoms with Gasteiger partial charge in [-0.3, -0.25) is 0 Å². The number of unbranched alkanes of at least 4 members (excludes halogenated alkanes) is 1. The van der Waals surface area contributed by atoms with E-state index in [4.69, 9.17) is 17.3 Å². The third-order valence-electron chi connectivity index (χ3n) is 4.82. The largest absolute Gasteiger partial charge is 0.393 e. The van der Waals surface area contributed by atoms with Crippen LogP contribution in [0.4, 0.5) is 26.1 Å². The Morgan fingerprint density at radius 3 is 2.67 bits per heavy atom. The number of hydrogen-bond donors (Lipinski definition) is 2. The molecule has 0 unspecified atom stereocenters. The Morgan fingerprint density at radius 2 is 2.03 bits per heavy atom. The fourth-order valence-corrected chi connectivity index (χ4v) is 4.63. The van der Waals surface area contributed by atoms with Gasteiger partial charge in [-0.25, -0.2) is 17.2 Å². The summed E-state index contributed by atoms with van der Waals surface area (Å²) in [5.74, 6) is -2.94. The van der Waals surface area contributed by atoms with Gasteiger partial charge in [-0.1, -0.05) is 43.1 Å². The van der Waals surface area contributed by atoms with Crippen molar-refractivity contribution in [2.45, 2.75) is 43.8 Å². The highest BCUT2D eigenvalue weighted by Gasteiger charge is 2.40. The first-order chi connectivity index (χ1) is 14.1. The Labute approximate surface area is 179 Å². The number of nitrogen functional groups attached to an aromatic ring is 1. The second-order valence-electron chi connectivity index (χ2n) is 7.24. The number of nitrogens with two attached hydrogens (primary N) is 1. The van der Waals surface area contributed by atoms with Crippen molar-refractivity contribution in [2.24, 2.45) is 0 Å². The average Bonchev–Trinajstić information content (AvgIpc) is 3.06. The van der Waals surface area contributed by atoms with Crippen molar-refractivity contribution in [1.82, 2.24) is 9.97 Å². The van der Waals surface area contributed by atoms with Gasteiger partial charge in [0.25, 0.3) is 11.1 Å². The van der Waals surface area contributed by atoms with Crippen molar-refractivity contribution in [3.8, 4) is 0 Å². The lowest BCUT2D eigenvalue weighted by Crippen LogP contribution is -2.28. The molecule has 2 heterocycles. The Kier molecular flexibility index (Phi) is 6.66. The van der Waals surface area contributed by atoms with E-state index in [0.29, 0.717) is 17.9 Å². The van der Waals surface area contributed by atoms with Gasteiger partial charge in [-0.15, -0.1) is 0 Å². The highest BCUT2D eigenvalue weighted by atomic mass is 35.5. The van der Waals surface area contributed by atoms with Crippen LogP contribution in [0.2, 0.25) is 5.02 Å². The van der Waals surface area contributed by atoms with Crippen LogP contribution in [0, 0.1) is 0 Å². The third kappa shape index (κ3) is 5.10. The van der Waals surface area contributed by atoms with Gasteiger partial charge in [0.15, 0.2) is 11.6 Å². The SMILES string of the molecule is CCCCS(=O)(=O)c1nc(NCc2ccccc2Cl)c(N)c(N2CCC(F)(F)C2)n1. The molecule has 164 valence electrons. The molecule has 11 heteroatoms. The van der Waals surface area contributed by atoms with Crippen molar-refractivity contribution in [2.75, 3.05) is 34.8 Å². The van der Waals surface area contributed by atoms with Crippen molar-refractivity contribution in [3.05, 3.63) is 34.9 Å². The van der Waals surface area contributed by atoms with Gasteiger partial charge in [0, 0.05) is 24.5 Å². The highest BCUT2D eigenvalue weighted by Crippen LogP contribution is 2.36. The lowest BCUT2D eigenvalue weighted by Gasteiger charge is -2.21. The Bertz CT molecular complexity index is 1020. The minimum absolute atomic E-state index is 0.00101. The summed E-state index contributed by atoms with van der Waals surface area (Å²) in [6.45, 7) is 1.54. The first-order valence-electron chi connectivity index (χ1n) is 9.63. The standard InChI is InChI=1S/C19H24ClF2N5O2S/c1-2-3-10-30(28,29)18-25-16(24-11-13-6-4-5-7-14(13)20)15(23)17(26-18)27-9-8-19(21,22)12-27/h4-7H,2-3,8-12,23H2,1H3,(H,24,25,26). The lowest BCUT2D eigenvalue weighted by molar-refractivity contribution is 0.0257. The smallest absolute Gasteiger partial charge is 0.266 e. The number of alkyl halides is 2. The Morgan fingerprint density at radius 1 is 1.30 bits per heavy atom. The van der Waals surface area contributed by atoms with Crippen molar-refractivity contribution < 1.29 is 17.2 Å². The zero-order valence-electron chi connectivity index (χ0n) is 16.5. The van der Waals surface area contributed by atoms with Gasteiger partial charge in [0.05, 0.1) is 12.3 Å². The fourth-order valence-electron chi connectivity index (χ4n) is 3.12. The normalized spacial score (nSPS) is 16.1. The number of benzene rings is 1. The molecule has 0 saturated carbocycles. The Hall–Kier alpha value is -2.20. The zero-order valence-corrected chi connectivity index (χ0v) is 18.1. The van der Waals surface area contributed by atoms with E-state index in [9.17, 15) is 17.2 Å². The summed E-state index contributed by atoms with van der Waals surface area (Å²) in [6.07, 6.45) is 0.767. The van der Waals surface area contributed by atoms with E-state index >= 15 is 0 Å². The van der Waals surface area contributed by atoms with Gasteiger partial charge in [0.1, 0.15) is 5.69 Å². The predicted molar refractivity (Wildman–Crippen MR) is 114 cm³/mol. The molecule has 0 atom stereocenters. The molecule has 0 aliphatic carbocycles. The molecule has 1 aliphatic heterocycles. The minimum atomic E-state index is -3.79. The van der Waals surface area contributed by atoms with E-state index < -0.39 is 27.5 Å². The fraction of sp³-hybridized carbons (Fsp3) is 0.474. The van der Waals surface area contributed by atoms with Gasteiger partial charge < -0.3 is 16.0 Å². The number of aromatic nitrogens is 2. The third-order valence-corrected chi connectivity index (χ3v) is 6.76. The van der Waals surface area contributed by atoms with Gasteiger partial charge >= 0.3 is 0 Å². The number of nitrogens with zero attached hydrogens (tertiary/aromatic N) is 3. The van der Waals surface area contributed by atoms with Crippen LogP contribution in [0.15, 0.2) is 29.4 Å². The first-order valence-corrected chi connectivity index (χ1v) is 11.7. The molecule has 1 aromatic heterocycles. The molecular weight excluding hydrogens is 436 g/mol. The quantitative estimate of drug-likeness (QED) is 0.580. The second kappa shape index (κ2) is 8.89. The minimum Gasteiger partial charge on any atom is -0.393 e. The highest BCUT2D eigenvalue weighted by molar-refractivity contribution is 7.91. The summed E-state index contributed by atoms with van der Waals surface area (Å²) in [4.78, 5) is 9.50. The lowest BCUT2D eigenvalue weighted by atomic mass is 10.2. The van der Waals surface area contributed by atoms with Gasteiger partial charge in [0.2, 0.25) is 9.84 Å². The average molecular weight is 460 g/mol. The topological polar surface area (TPSA) is 101 Å². The molecule has 2 aromatic rings. The zero-order chi connectivity index (χ0) is 21.9. The second-order valence-corrected chi connectivity index (χ2v) is 9.65. The number of sulfone groups is 1. The van der Waals surface area contributed by atoms with Crippen LogP contribution in [-0.4, -0.2) is 43.2 Å². The van der Waals surface area contributed by atoms with E-state index in [0.717, 1.165) is 5.56 Å². The van der Waals surface area contributed by atoms with E-state index in [1.807, 2.05) is 13.0 Å². The maximum absolute atomic E-state index is 13.8. The van der Waals surface area contributed by atoms with Crippen LogP contribution in [0.1, 0.15) is 31.7 Å². The van der Waals surface area contributed by atoms with Crippen LogP contribution in [0.3, 0.4) is 0 Å². The summed E-state index contributed by atoms with van der Waals surface area (Å²) in [7, 11) is -3.79. The molecule has 0 bridgehead atoms. The molecule has 3 rings (SSSR count). The summed E-state index contributed by atoms with van der Waals surface area (Å²) in [6, 6.07) is 7.12. The molecule has 0 spiro atoms. The number of nitrogens with one attached hydrogen (secondary N) is 1. The summed E-state index contributed by atoms with van der Waals surface area (Å²) in [5.41, 5.74) is 6.94. The molecule has 1 aliphatic rings. The molecule has 1 aromatic carbocycles. The van der Waals surface area contributed by atoms with Crippen molar-refractivity contribution >= 4 is 38.8 Å². The molecule has 0 radical (unpaired) electrons. The molecule has 3 N–H and O–H groups in total. The first kappa shape index (κ1) is 22.5. The van der Waals surface area contributed by atoms with Crippen LogP contribution < -0.4 is 16.0 Å². The molecular formula is C19H24ClF2N5O2S. The van der Waals surface area contributed by atoms with E-state index in [1.54, 1.807) is 18.2 Å².